The van der Waals surface area contributed by atoms with Gasteiger partial charge < -0.3 is 15.1 Å². The summed E-state index contributed by atoms with van der Waals surface area (Å²) in [5.41, 5.74) is 0.480. The van der Waals surface area contributed by atoms with Gasteiger partial charge in [0.15, 0.2) is 9.84 Å². The van der Waals surface area contributed by atoms with Crippen LogP contribution in [-0.2, 0) is 9.84 Å². The van der Waals surface area contributed by atoms with Gasteiger partial charge in [0.05, 0.1) is 29.7 Å². The normalized spacial score (nSPS) is 13.6. The third kappa shape index (κ3) is 4.26. The van der Waals surface area contributed by atoms with E-state index in [1.807, 2.05) is 19.1 Å². The van der Waals surface area contributed by atoms with Crippen molar-refractivity contribution >= 4 is 20.7 Å². The van der Waals surface area contributed by atoms with Crippen molar-refractivity contribution in [2.45, 2.75) is 17.9 Å². The molecule has 6 nitrogen and oxygen atoms in total. The highest BCUT2D eigenvalue weighted by Crippen LogP contribution is 2.21. The number of hydrogen-bond acceptors (Lipinski definition) is 5. The molecule has 126 valence electrons. The van der Waals surface area contributed by atoms with Crippen LogP contribution in [0.25, 0.3) is 10.9 Å². The largest absolute Gasteiger partial charge is 0.391 e. The van der Waals surface area contributed by atoms with Crippen molar-refractivity contribution < 1.29 is 23.5 Å². The minimum absolute atomic E-state index is 0.0461. The molecule has 0 unspecified atom stereocenters. The molecule has 0 aliphatic heterocycles. The molecule has 0 saturated heterocycles. The van der Waals surface area contributed by atoms with Gasteiger partial charge in [-0.25, -0.2) is 8.42 Å². The Labute approximate surface area is 136 Å². The number of aromatic nitrogens is 1. The molecule has 0 fully saturated rings. The summed E-state index contributed by atoms with van der Waals surface area (Å²) in [5.74, 6) is -0.0575. The highest BCUT2D eigenvalue weighted by molar-refractivity contribution is 7.91. The summed E-state index contributed by atoms with van der Waals surface area (Å²) in [6, 6.07) is 8.50. The van der Waals surface area contributed by atoms with Gasteiger partial charge in [-0.15, -0.1) is 0 Å². The van der Waals surface area contributed by atoms with Gasteiger partial charge in [-0.1, -0.05) is 18.2 Å². The number of para-hydroxylation sites is 1. The van der Waals surface area contributed by atoms with Crippen molar-refractivity contribution in [2.24, 2.45) is 0 Å². The molecule has 0 bridgehead atoms. The van der Waals surface area contributed by atoms with Crippen LogP contribution in [0.4, 0.5) is 0 Å². The van der Waals surface area contributed by atoms with Gasteiger partial charge in [0, 0.05) is 11.6 Å². The Kier molecular flexibility index (Phi) is 6.06. The maximum atomic E-state index is 12.8. The Bertz CT molecular complexity index is 737. The van der Waals surface area contributed by atoms with Crippen molar-refractivity contribution in [1.82, 2.24) is 4.98 Å². The van der Waals surface area contributed by atoms with E-state index in [2.05, 4.69) is 4.98 Å². The van der Waals surface area contributed by atoms with Crippen LogP contribution < -0.4 is 4.90 Å². The molecule has 1 atom stereocenters. The maximum Gasteiger partial charge on any atom is 0.186 e. The van der Waals surface area contributed by atoms with E-state index in [1.54, 1.807) is 24.4 Å². The van der Waals surface area contributed by atoms with Gasteiger partial charge >= 0.3 is 0 Å². The second-order valence-corrected chi connectivity index (χ2v) is 7.62. The fourth-order valence-corrected chi connectivity index (χ4v) is 4.59. The smallest absolute Gasteiger partial charge is 0.186 e. The summed E-state index contributed by atoms with van der Waals surface area (Å²) >= 11 is 0. The molecule has 0 radical (unpaired) electrons. The van der Waals surface area contributed by atoms with Crippen LogP contribution in [0.2, 0.25) is 0 Å². The van der Waals surface area contributed by atoms with Crippen molar-refractivity contribution in [2.75, 3.05) is 32.1 Å². The van der Waals surface area contributed by atoms with Gasteiger partial charge in [-0.3, -0.25) is 4.98 Å². The van der Waals surface area contributed by atoms with Crippen LogP contribution in [0.5, 0.6) is 0 Å². The molecule has 7 heteroatoms. The number of nitrogens with one attached hydrogen (secondary N) is 1. The number of aliphatic hydroxyl groups is 2. The minimum Gasteiger partial charge on any atom is -0.391 e. The lowest BCUT2D eigenvalue weighted by molar-refractivity contribution is -0.921. The van der Waals surface area contributed by atoms with Gasteiger partial charge in [-0.2, -0.15) is 0 Å². The Balaban J connectivity index is 2.30. The second kappa shape index (κ2) is 7.83. The summed E-state index contributed by atoms with van der Waals surface area (Å²) in [7, 11) is -3.51. The van der Waals surface area contributed by atoms with Crippen LogP contribution in [0.15, 0.2) is 41.4 Å². The Hall–Kier alpha value is -1.54. The second-order valence-electron chi connectivity index (χ2n) is 5.62. The molecule has 0 spiro atoms. The van der Waals surface area contributed by atoms with Gasteiger partial charge in [0.25, 0.3) is 0 Å². The number of sulfone groups is 1. The Morgan fingerprint density at radius 3 is 2.43 bits per heavy atom. The lowest BCUT2D eigenvalue weighted by atomic mass is 10.2. The van der Waals surface area contributed by atoms with E-state index in [1.165, 1.54) is 0 Å². The zero-order valence-corrected chi connectivity index (χ0v) is 14.0. The monoisotopic (exact) mass is 339 g/mol. The maximum absolute atomic E-state index is 12.8. The van der Waals surface area contributed by atoms with Gasteiger partial charge in [0.2, 0.25) is 0 Å². The number of hydrogen-bond donors (Lipinski definition) is 3. The lowest BCUT2D eigenvalue weighted by Gasteiger charge is -2.24. The average Bonchev–Trinajstić information content (AvgIpc) is 2.53. The fourth-order valence-electron chi connectivity index (χ4n) is 2.77. The first-order chi connectivity index (χ1) is 11.0. The number of nitrogens with zero attached hydrogens (tertiary/aromatic N) is 1. The number of aliphatic hydroxyl groups excluding tert-OH is 2. The molecular formula is C16H23N2O4S+. The molecule has 1 aromatic heterocycles. The predicted molar refractivity (Wildman–Crippen MR) is 88.1 cm³/mol. The van der Waals surface area contributed by atoms with Crippen molar-refractivity contribution in [3.8, 4) is 0 Å². The van der Waals surface area contributed by atoms with Crippen LogP contribution in [0, 0.1) is 0 Å². The van der Waals surface area contributed by atoms with Crippen LogP contribution in [0.1, 0.15) is 6.92 Å². The molecule has 0 aliphatic rings. The van der Waals surface area contributed by atoms with Crippen LogP contribution in [-0.4, -0.2) is 61.7 Å². The molecule has 1 heterocycles. The molecule has 0 amide bonds. The van der Waals surface area contributed by atoms with Gasteiger partial charge in [-0.05, 0) is 19.1 Å². The van der Waals surface area contributed by atoms with E-state index in [9.17, 15) is 8.42 Å². The number of rotatable bonds is 8. The zero-order valence-electron chi connectivity index (χ0n) is 13.1. The van der Waals surface area contributed by atoms with Crippen molar-refractivity contribution in [1.29, 1.82) is 0 Å². The molecule has 2 aromatic rings. The first-order valence-electron chi connectivity index (χ1n) is 7.62. The first kappa shape index (κ1) is 17.8. The number of benzene rings is 1. The molecule has 0 saturated carbocycles. The first-order valence-corrected chi connectivity index (χ1v) is 9.27. The number of quaternary nitrogens is 1. The molecule has 23 heavy (non-hydrogen) atoms. The van der Waals surface area contributed by atoms with E-state index in [4.69, 9.17) is 10.2 Å². The third-order valence-corrected chi connectivity index (χ3v) is 5.90. The molecule has 1 aromatic carbocycles. The van der Waals surface area contributed by atoms with E-state index in [0.29, 0.717) is 18.6 Å². The van der Waals surface area contributed by atoms with Crippen LogP contribution in [0.3, 0.4) is 0 Å². The van der Waals surface area contributed by atoms with E-state index < -0.39 is 9.84 Å². The fraction of sp³-hybridized carbons (Fsp3) is 0.438. The average molecular weight is 339 g/mol. The lowest BCUT2D eigenvalue weighted by Crippen LogP contribution is -3.17. The highest BCUT2D eigenvalue weighted by Gasteiger charge is 2.27. The summed E-state index contributed by atoms with van der Waals surface area (Å²) < 4.78 is 25.6. The number of pyridine rings is 1. The molecule has 0 aliphatic carbocycles. The predicted octanol–water partition coefficient (Wildman–Crippen LogP) is -0.733. The van der Waals surface area contributed by atoms with E-state index in [-0.39, 0.29) is 29.9 Å². The minimum atomic E-state index is -3.51. The third-order valence-electron chi connectivity index (χ3n) is 3.96. The number of fused-ring (bicyclic) bond motifs is 1. The Morgan fingerprint density at radius 1 is 1.13 bits per heavy atom. The Morgan fingerprint density at radius 2 is 1.78 bits per heavy atom. The van der Waals surface area contributed by atoms with Crippen molar-refractivity contribution in [3.05, 3.63) is 36.5 Å². The summed E-state index contributed by atoms with van der Waals surface area (Å²) in [4.78, 5) is 5.30. The molecular weight excluding hydrogens is 316 g/mol. The van der Waals surface area contributed by atoms with Crippen LogP contribution >= 0.6 is 0 Å². The highest BCUT2D eigenvalue weighted by atomic mass is 32.2. The van der Waals surface area contributed by atoms with E-state index >= 15 is 0 Å². The van der Waals surface area contributed by atoms with Crippen molar-refractivity contribution in [3.63, 3.8) is 0 Å². The molecule has 3 N–H and O–H groups in total. The molecule has 2 rings (SSSR count). The zero-order chi connectivity index (χ0) is 16.9. The summed E-state index contributed by atoms with van der Waals surface area (Å²) in [6.07, 6.45) is 1.58. The van der Waals surface area contributed by atoms with Gasteiger partial charge in [0.1, 0.15) is 18.8 Å². The summed E-state index contributed by atoms with van der Waals surface area (Å²) in [5, 5.41) is 19.0. The quantitative estimate of drug-likeness (QED) is 0.590. The topological polar surface area (TPSA) is 91.9 Å². The van der Waals surface area contributed by atoms with E-state index in [0.717, 1.165) is 10.3 Å². The standard InChI is InChI=1S/C16H22N2O4S/c1-13(18(8-10-19)9-11-20)12-23(21,22)15-6-2-4-14-5-3-7-17-16(14)15/h2-7,13,19-20H,8-12H2,1H3/p+1/t13-/m1/s1. The SMILES string of the molecule is C[C@H](CS(=O)(=O)c1cccc2cccnc12)[NH+](CCO)CCO. The summed E-state index contributed by atoms with van der Waals surface area (Å²) in [6.45, 7) is 2.54.